The fourth-order valence-electron chi connectivity index (χ4n) is 2.10. The Bertz CT molecular complexity index is 759. The minimum absolute atomic E-state index is 0.156. The molecule has 0 aliphatic rings. The molecule has 0 saturated carbocycles. The first-order valence-electron chi connectivity index (χ1n) is 6.45. The highest BCUT2D eigenvalue weighted by molar-refractivity contribution is 6.28. The predicted octanol–water partition coefficient (Wildman–Crippen LogP) is 3.23. The maximum atomic E-state index is 5.87. The SMILES string of the molecule is CO[C@H](C)c1c(Nc2ccccc2)cnc2nc(Cl)nn12. The smallest absolute Gasteiger partial charge is 0.253 e. The number of anilines is 2. The molecule has 108 valence electrons. The number of nitrogens with zero attached hydrogens (tertiary/aromatic N) is 4. The van der Waals surface area contributed by atoms with Gasteiger partial charge in [-0.2, -0.15) is 9.50 Å². The van der Waals surface area contributed by atoms with E-state index in [2.05, 4.69) is 20.4 Å². The number of para-hydroxylation sites is 1. The molecule has 0 bridgehead atoms. The second-order valence-corrected chi connectivity index (χ2v) is 4.86. The molecule has 0 aliphatic carbocycles. The summed E-state index contributed by atoms with van der Waals surface area (Å²) in [6.07, 6.45) is 1.51. The first-order chi connectivity index (χ1) is 10.2. The number of rotatable bonds is 4. The van der Waals surface area contributed by atoms with Crippen LogP contribution in [0.1, 0.15) is 18.7 Å². The molecule has 2 heterocycles. The molecule has 1 aromatic carbocycles. The van der Waals surface area contributed by atoms with Crippen molar-refractivity contribution in [1.29, 1.82) is 0 Å². The van der Waals surface area contributed by atoms with Gasteiger partial charge in [-0.3, -0.25) is 0 Å². The Labute approximate surface area is 126 Å². The lowest BCUT2D eigenvalue weighted by Gasteiger charge is -2.16. The molecule has 0 aliphatic heterocycles. The number of benzene rings is 1. The van der Waals surface area contributed by atoms with E-state index in [1.165, 1.54) is 0 Å². The summed E-state index contributed by atoms with van der Waals surface area (Å²) in [7, 11) is 1.64. The van der Waals surface area contributed by atoms with E-state index in [-0.39, 0.29) is 11.4 Å². The van der Waals surface area contributed by atoms with Crippen LogP contribution in [0.15, 0.2) is 36.5 Å². The van der Waals surface area contributed by atoms with Gasteiger partial charge in [-0.1, -0.05) is 18.2 Å². The van der Waals surface area contributed by atoms with Crippen molar-refractivity contribution in [2.45, 2.75) is 13.0 Å². The first-order valence-corrected chi connectivity index (χ1v) is 6.83. The Morgan fingerprint density at radius 2 is 2.05 bits per heavy atom. The lowest BCUT2D eigenvalue weighted by Crippen LogP contribution is -2.10. The molecule has 3 aromatic rings. The minimum atomic E-state index is -0.195. The van der Waals surface area contributed by atoms with Crippen molar-refractivity contribution in [2.24, 2.45) is 0 Å². The zero-order chi connectivity index (χ0) is 14.8. The van der Waals surface area contributed by atoms with E-state index >= 15 is 0 Å². The van der Waals surface area contributed by atoms with Crippen LogP contribution < -0.4 is 5.32 Å². The molecule has 0 saturated heterocycles. The average molecular weight is 304 g/mol. The van der Waals surface area contributed by atoms with E-state index in [0.29, 0.717) is 5.78 Å². The summed E-state index contributed by atoms with van der Waals surface area (Å²) in [6.45, 7) is 1.93. The Kier molecular flexibility index (Phi) is 3.72. The lowest BCUT2D eigenvalue weighted by molar-refractivity contribution is 0.114. The Hall–Kier alpha value is -2.18. The second-order valence-electron chi connectivity index (χ2n) is 4.52. The first kappa shape index (κ1) is 13.8. The fourth-order valence-corrected chi connectivity index (χ4v) is 2.25. The van der Waals surface area contributed by atoms with E-state index in [0.717, 1.165) is 17.1 Å². The summed E-state index contributed by atoms with van der Waals surface area (Å²) in [5, 5.41) is 7.64. The van der Waals surface area contributed by atoms with Gasteiger partial charge in [0.25, 0.3) is 5.78 Å². The third-order valence-electron chi connectivity index (χ3n) is 3.17. The number of aromatic nitrogens is 4. The van der Waals surface area contributed by atoms with Crippen molar-refractivity contribution in [1.82, 2.24) is 19.6 Å². The zero-order valence-electron chi connectivity index (χ0n) is 11.6. The topological polar surface area (TPSA) is 64.3 Å². The molecule has 3 rings (SSSR count). The Balaban J connectivity index is 2.12. The highest BCUT2D eigenvalue weighted by Gasteiger charge is 2.18. The van der Waals surface area contributed by atoms with Gasteiger partial charge in [0.05, 0.1) is 23.7 Å². The number of nitrogens with one attached hydrogen (secondary N) is 1. The van der Waals surface area contributed by atoms with E-state index < -0.39 is 0 Å². The average Bonchev–Trinajstić information content (AvgIpc) is 2.87. The third kappa shape index (κ3) is 2.68. The summed E-state index contributed by atoms with van der Waals surface area (Å²) < 4.78 is 7.03. The van der Waals surface area contributed by atoms with E-state index in [4.69, 9.17) is 16.3 Å². The van der Waals surface area contributed by atoms with Crippen molar-refractivity contribution in [2.75, 3.05) is 12.4 Å². The maximum absolute atomic E-state index is 5.87. The summed E-state index contributed by atoms with van der Waals surface area (Å²) in [5.41, 5.74) is 2.56. The highest BCUT2D eigenvalue weighted by atomic mass is 35.5. The van der Waals surface area contributed by atoms with Crippen LogP contribution in [0.3, 0.4) is 0 Å². The quantitative estimate of drug-likeness (QED) is 0.801. The minimum Gasteiger partial charge on any atom is -0.375 e. The number of hydrogen-bond donors (Lipinski definition) is 1. The van der Waals surface area contributed by atoms with Gasteiger partial charge in [-0.15, -0.1) is 5.10 Å². The zero-order valence-corrected chi connectivity index (χ0v) is 12.4. The van der Waals surface area contributed by atoms with Gasteiger partial charge >= 0.3 is 0 Å². The molecular formula is C14H14ClN5O. The summed E-state index contributed by atoms with van der Waals surface area (Å²) >= 11 is 5.87. The number of ether oxygens (including phenoxy) is 1. The van der Waals surface area contributed by atoms with Crippen LogP contribution in [0.25, 0.3) is 5.78 Å². The largest absolute Gasteiger partial charge is 0.375 e. The lowest BCUT2D eigenvalue weighted by atomic mass is 10.2. The van der Waals surface area contributed by atoms with Crippen LogP contribution in [0, 0.1) is 0 Å². The van der Waals surface area contributed by atoms with Crippen molar-refractivity contribution < 1.29 is 4.74 Å². The standard InChI is InChI=1S/C14H14ClN5O/c1-9(21-2)12-11(17-10-6-4-3-5-7-10)8-16-14-18-13(15)19-20(12)14/h3-9,17H,1-2H3/t9-/m1/s1. The molecule has 0 fully saturated rings. The van der Waals surface area contributed by atoms with Crippen LogP contribution in [-0.2, 0) is 4.74 Å². The Morgan fingerprint density at radius 1 is 1.29 bits per heavy atom. The normalized spacial score (nSPS) is 12.5. The maximum Gasteiger partial charge on any atom is 0.253 e. The third-order valence-corrected chi connectivity index (χ3v) is 3.33. The van der Waals surface area contributed by atoms with E-state index in [1.54, 1.807) is 17.8 Å². The number of fused-ring (bicyclic) bond motifs is 1. The van der Waals surface area contributed by atoms with Crippen LogP contribution in [0.2, 0.25) is 5.28 Å². The molecule has 0 unspecified atom stereocenters. The van der Waals surface area contributed by atoms with Gasteiger partial charge in [0, 0.05) is 12.8 Å². The molecule has 6 nitrogen and oxygen atoms in total. The van der Waals surface area contributed by atoms with Gasteiger partial charge in [-0.25, -0.2) is 4.98 Å². The van der Waals surface area contributed by atoms with Gasteiger partial charge in [0.15, 0.2) is 0 Å². The van der Waals surface area contributed by atoms with Crippen LogP contribution in [0.4, 0.5) is 11.4 Å². The number of hydrogen-bond acceptors (Lipinski definition) is 5. The highest BCUT2D eigenvalue weighted by Crippen LogP contribution is 2.27. The molecule has 0 amide bonds. The van der Waals surface area contributed by atoms with Gasteiger partial charge < -0.3 is 10.1 Å². The molecule has 21 heavy (non-hydrogen) atoms. The van der Waals surface area contributed by atoms with Gasteiger partial charge in [0.2, 0.25) is 5.28 Å². The summed E-state index contributed by atoms with van der Waals surface area (Å²) in [5.74, 6) is 0.442. The second kappa shape index (κ2) is 5.67. The van der Waals surface area contributed by atoms with Crippen molar-refractivity contribution in [3.8, 4) is 0 Å². The molecule has 2 aromatic heterocycles. The molecule has 0 spiro atoms. The van der Waals surface area contributed by atoms with Crippen LogP contribution >= 0.6 is 11.6 Å². The molecule has 1 atom stereocenters. The van der Waals surface area contributed by atoms with E-state index in [9.17, 15) is 0 Å². The summed E-state index contributed by atoms with van der Waals surface area (Å²) in [4.78, 5) is 8.32. The molecule has 7 heteroatoms. The monoisotopic (exact) mass is 303 g/mol. The molecule has 1 N–H and O–H groups in total. The number of methoxy groups -OCH3 is 1. The Morgan fingerprint density at radius 3 is 2.76 bits per heavy atom. The predicted molar refractivity (Wildman–Crippen MR) is 80.9 cm³/mol. The summed E-state index contributed by atoms with van der Waals surface area (Å²) in [6, 6.07) is 9.82. The van der Waals surface area contributed by atoms with Gasteiger partial charge in [-0.05, 0) is 30.7 Å². The van der Waals surface area contributed by atoms with Crippen LogP contribution in [0.5, 0.6) is 0 Å². The van der Waals surface area contributed by atoms with Crippen molar-refractivity contribution in [3.05, 3.63) is 47.5 Å². The van der Waals surface area contributed by atoms with Crippen molar-refractivity contribution in [3.63, 3.8) is 0 Å². The van der Waals surface area contributed by atoms with E-state index in [1.807, 2.05) is 37.3 Å². The molecular weight excluding hydrogens is 290 g/mol. The number of halogens is 1. The van der Waals surface area contributed by atoms with Gasteiger partial charge in [0.1, 0.15) is 0 Å². The molecule has 0 radical (unpaired) electrons. The van der Waals surface area contributed by atoms with Crippen molar-refractivity contribution >= 4 is 28.8 Å². The van der Waals surface area contributed by atoms with Crippen LogP contribution in [-0.4, -0.2) is 26.7 Å². The fraction of sp³-hybridized carbons (Fsp3) is 0.214.